The fourth-order valence-corrected chi connectivity index (χ4v) is 3.06. The van der Waals surface area contributed by atoms with Crippen molar-refractivity contribution in [1.29, 1.82) is 0 Å². The molecule has 2 aromatic rings. The van der Waals surface area contributed by atoms with Crippen LogP contribution >= 0.6 is 0 Å². The Morgan fingerprint density at radius 3 is 2.46 bits per heavy atom. The number of carbonyl (C=O) groups is 2. The quantitative estimate of drug-likeness (QED) is 0.813. The number of benzene rings is 2. The standard InChI is InChI=1S/C20H21F2N3O3/c1-2-28-19(26)15-5-3-4-6-17(15)23-20(27)25-11-9-24(10-12-25)18-8-7-14(21)13-16(18)22/h3-8,13H,2,9-12H2,1H3,(H,23,27). The van der Waals surface area contributed by atoms with E-state index in [-0.39, 0.29) is 18.2 Å². The van der Waals surface area contributed by atoms with Crippen molar-refractivity contribution in [3.8, 4) is 0 Å². The summed E-state index contributed by atoms with van der Waals surface area (Å²) >= 11 is 0. The van der Waals surface area contributed by atoms with Gasteiger partial charge >= 0.3 is 12.0 Å². The number of esters is 1. The van der Waals surface area contributed by atoms with Crippen LogP contribution in [0.1, 0.15) is 17.3 Å². The monoisotopic (exact) mass is 389 g/mol. The predicted octanol–water partition coefficient (Wildman–Crippen LogP) is 3.50. The molecule has 1 fully saturated rings. The zero-order chi connectivity index (χ0) is 20.1. The molecular formula is C20H21F2N3O3. The van der Waals surface area contributed by atoms with Crippen LogP contribution in [0.15, 0.2) is 42.5 Å². The topological polar surface area (TPSA) is 61.9 Å². The van der Waals surface area contributed by atoms with Crippen molar-refractivity contribution in [3.63, 3.8) is 0 Å². The number of hydrogen-bond acceptors (Lipinski definition) is 4. The Labute approximate surface area is 161 Å². The molecule has 0 bridgehead atoms. The molecule has 0 aliphatic carbocycles. The number of anilines is 2. The molecule has 28 heavy (non-hydrogen) atoms. The lowest BCUT2D eigenvalue weighted by Crippen LogP contribution is -2.50. The van der Waals surface area contributed by atoms with Crippen LogP contribution < -0.4 is 10.2 Å². The molecule has 3 rings (SSSR count). The number of urea groups is 1. The summed E-state index contributed by atoms with van der Waals surface area (Å²) in [4.78, 5) is 28.0. The molecule has 1 aliphatic heterocycles. The lowest BCUT2D eigenvalue weighted by atomic mass is 10.2. The highest BCUT2D eigenvalue weighted by Crippen LogP contribution is 2.22. The maximum atomic E-state index is 13.9. The van der Waals surface area contributed by atoms with Gasteiger partial charge in [-0.25, -0.2) is 18.4 Å². The highest BCUT2D eigenvalue weighted by molar-refractivity contribution is 6.00. The highest BCUT2D eigenvalue weighted by atomic mass is 19.1. The van der Waals surface area contributed by atoms with Crippen molar-refractivity contribution in [2.24, 2.45) is 0 Å². The van der Waals surface area contributed by atoms with E-state index in [1.165, 1.54) is 12.1 Å². The molecule has 8 heteroatoms. The van der Waals surface area contributed by atoms with E-state index in [9.17, 15) is 18.4 Å². The van der Waals surface area contributed by atoms with Gasteiger partial charge < -0.3 is 19.9 Å². The second kappa shape index (κ2) is 8.69. The minimum absolute atomic E-state index is 0.239. The van der Waals surface area contributed by atoms with Crippen LogP contribution in [0.3, 0.4) is 0 Å². The second-order valence-electron chi connectivity index (χ2n) is 6.27. The smallest absolute Gasteiger partial charge is 0.340 e. The van der Waals surface area contributed by atoms with E-state index in [1.54, 1.807) is 41.0 Å². The molecule has 0 atom stereocenters. The largest absolute Gasteiger partial charge is 0.462 e. The molecule has 1 aliphatic rings. The lowest BCUT2D eigenvalue weighted by molar-refractivity contribution is 0.0527. The van der Waals surface area contributed by atoms with E-state index in [1.807, 2.05) is 0 Å². The van der Waals surface area contributed by atoms with Gasteiger partial charge in [0.2, 0.25) is 0 Å². The zero-order valence-electron chi connectivity index (χ0n) is 15.5. The Kier molecular flexibility index (Phi) is 6.08. The van der Waals surface area contributed by atoms with E-state index in [4.69, 9.17) is 4.74 Å². The Morgan fingerprint density at radius 2 is 1.79 bits per heavy atom. The van der Waals surface area contributed by atoms with Gasteiger partial charge in [-0.2, -0.15) is 0 Å². The maximum Gasteiger partial charge on any atom is 0.340 e. The van der Waals surface area contributed by atoms with Gasteiger partial charge in [-0.1, -0.05) is 12.1 Å². The van der Waals surface area contributed by atoms with Crippen LogP contribution in [0, 0.1) is 11.6 Å². The third-order valence-electron chi connectivity index (χ3n) is 4.48. The number of amides is 2. The molecule has 1 saturated heterocycles. The lowest BCUT2D eigenvalue weighted by Gasteiger charge is -2.36. The van der Waals surface area contributed by atoms with Gasteiger partial charge in [0, 0.05) is 32.2 Å². The number of nitrogens with zero attached hydrogens (tertiary/aromatic N) is 2. The predicted molar refractivity (Wildman–Crippen MR) is 102 cm³/mol. The van der Waals surface area contributed by atoms with Crippen LogP contribution in [0.2, 0.25) is 0 Å². The highest BCUT2D eigenvalue weighted by Gasteiger charge is 2.24. The number of rotatable bonds is 4. The first kappa shape index (κ1) is 19.6. The van der Waals surface area contributed by atoms with Crippen molar-refractivity contribution in [3.05, 3.63) is 59.7 Å². The number of ether oxygens (including phenoxy) is 1. The Balaban J connectivity index is 1.62. The number of para-hydroxylation sites is 1. The number of piperazine rings is 1. The van der Waals surface area contributed by atoms with Crippen molar-refractivity contribution >= 4 is 23.4 Å². The van der Waals surface area contributed by atoms with Crippen LogP contribution in [-0.4, -0.2) is 49.7 Å². The molecule has 1 N–H and O–H groups in total. The van der Waals surface area contributed by atoms with Gasteiger partial charge in [-0.15, -0.1) is 0 Å². The first-order chi connectivity index (χ1) is 13.5. The second-order valence-corrected chi connectivity index (χ2v) is 6.27. The average molecular weight is 389 g/mol. The van der Waals surface area contributed by atoms with Crippen LogP contribution in [0.4, 0.5) is 25.0 Å². The van der Waals surface area contributed by atoms with Crippen LogP contribution in [0.25, 0.3) is 0 Å². The van der Waals surface area contributed by atoms with Crippen molar-refractivity contribution in [1.82, 2.24) is 4.90 Å². The molecule has 0 spiro atoms. The number of carbonyl (C=O) groups excluding carboxylic acids is 2. The summed E-state index contributed by atoms with van der Waals surface area (Å²) in [6.45, 7) is 3.50. The third-order valence-corrected chi connectivity index (χ3v) is 4.48. The molecule has 0 aromatic heterocycles. The van der Waals surface area contributed by atoms with Gasteiger partial charge in [0.1, 0.15) is 11.6 Å². The fourth-order valence-electron chi connectivity index (χ4n) is 3.06. The van der Waals surface area contributed by atoms with Gasteiger partial charge in [0.05, 0.1) is 23.5 Å². The molecule has 2 amide bonds. The van der Waals surface area contributed by atoms with Gasteiger partial charge in [0.25, 0.3) is 0 Å². The van der Waals surface area contributed by atoms with E-state index in [2.05, 4.69) is 5.32 Å². The SMILES string of the molecule is CCOC(=O)c1ccccc1NC(=O)N1CCN(c2ccc(F)cc2F)CC1. The van der Waals surface area contributed by atoms with Crippen molar-refractivity contribution < 1.29 is 23.1 Å². The Morgan fingerprint density at radius 1 is 1.07 bits per heavy atom. The summed E-state index contributed by atoms with van der Waals surface area (Å²) in [6.07, 6.45) is 0. The molecule has 0 radical (unpaired) electrons. The van der Waals surface area contributed by atoms with E-state index < -0.39 is 17.6 Å². The normalized spacial score (nSPS) is 14.0. The molecule has 148 valence electrons. The summed E-state index contributed by atoms with van der Waals surface area (Å²) < 4.78 is 32.0. The number of nitrogens with one attached hydrogen (secondary N) is 1. The minimum Gasteiger partial charge on any atom is -0.462 e. The summed E-state index contributed by atoms with van der Waals surface area (Å²) in [5, 5.41) is 2.74. The molecule has 0 unspecified atom stereocenters. The van der Waals surface area contributed by atoms with Crippen molar-refractivity contribution in [2.45, 2.75) is 6.92 Å². The van der Waals surface area contributed by atoms with E-state index in [0.29, 0.717) is 37.6 Å². The molecule has 0 saturated carbocycles. The third kappa shape index (κ3) is 4.39. The number of halogens is 2. The zero-order valence-corrected chi connectivity index (χ0v) is 15.5. The van der Waals surface area contributed by atoms with E-state index in [0.717, 1.165) is 6.07 Å². The number of hydrogen-bond donors (Lipinski definition) is 1. The van der Waals surface area contributed by atoms with E-state index >= 15 is 0 Å². The summed E-state index contributed by atoms with van der Waals surface area (Å²) in [5.41, 5.74) is 0.969. The molecule has 6 nitrogen and oxygen atoms in total. The van der Waals surface area contributed by atoms with Crippen LogP contribution in [-0.2, 0) is 4.74 Å². The molecule has 1 heterocycles. The first-order valence-corrected chi connectivity index (χ1v) is 9.01. The van der Waals surface area contributed by atoms with Gasteiger partial charge in [0.15, 0.2) is 0 Å². The first-order valence-electron chi connectivity index (χ1n) is 9.01. The molecular weight excluding hydrogens is 368 g/mol. The fraction of sp³-hybridized carbons (Fsp3) is 0.300. The summed E-state index contributed by atoms with van der Waals surface area (Å²) in [7, 11) is 0. The minimum atomic E-state index is -0.625. The maximum absolute atomic E-state index is 13.9. The Bertz CT molecular complexity index is 868. The van der Waals surface area contributed by atoms with Crippen LogP contribution in [0.5, 0.6) is 0 Å². The van der Waals surface area contributed by atoms with Gasteiger partial charge in [-0.05, 0) is 31.2 Å². The summed E-state index contributed by atoms with van der Waals surface area (Å²) in [6, 6.07) is 9.74. The van der Waals surface area contributed by atoms with Gasteiger partial charge in [-0.3, -0.25) is 0 Å². The average Bonchev–Trinajstić information content (AvgIpc) is 2.69. The molecule has 2 aromatic carbocycles. The Hall–Kier alpha value is -3.16. The summed E-state index contributed by atoms with van der Waals surface area (Å²) in [5.74, 6) is -1.75. The van der Waals surface area contributed by atoms with Crippen molar-refractivity contribution in [2.75, 3.05) is 43.0 Å².